The number of anilines is 1. The molecule has 0 spiro atoms. The van der Waals surface area contributed by atoms with E-state index < -0.39 is 0 Å². The number of hydrogen-bond donors (Lipinski definition) is 1. The normalized spacial score (nSPS) is 11.1. The number of nitrogens with one attached hydrogen (secondary N) is 1. The number of aromatic nitrogens is 1. The minimum absolute atomic E-state index is 0.863. The van der Waals surface area contributed by atoms with E-state index in [1.807, 2.05) is 11.3 Å². The maximum Gasteiger partial charge on any atom is 0.184 e. The van der Waals surface area contributed by atoms with Gasteiger partial charge in [-0.15, -0.1) is 11.3 Å². The average molecular weight is 353 g/mol. The van der Waals surface area contributed by atoms with Crippen molar-refractivity contribution in [2.75, 3.05) is 5.32 Å². The molecule has 0 bridgehead atoms. The van der Waals surface area contributed by atoms with Crippen LogP contribution in [0.1, 0.15) is 17.4 Å². The lowest BCUT2D eigenvalue weighted by atomic mass is 10.2. The van der Waals surface area contributed by atoms with Crippen molar-refractivity contribution in [2.24, 2.45) is 0 Å². The van der Waals surface area contributed by atoms with E-state index >= 15 is 0 Å². The lowest BCUT2D eigenvalue weighted by Gasteiger charge is -2.02. The van der Waals surface area contributed by atoms with Crippen LogP contribution in [0, 0.1) is 0 Å². The third kappa shape index (κ3) is 2.83. The van der Waals surface area contributed by atoms with E-state index in [0.717, 1.165) is 28.1 Å². The van der Waals surface area contributed by atoms with Crippen molar-refractivity contribution in [3.05, 3.63) is 44.6 Å². The highest BCUT2D eigenvalue weighted by atomic mass is 79.9. The first-order valence-electron chi connectivity index (χ1n) is 6.11. The van der Waals surface area contributed by atoms with Crippen LogP contribution in [0.3, 0.4) is 0 Å². The second-order valence-electron chi connectivity index (χ2n) is 4.21. The monoisotopic (exact) mass is 352 g/mol. The summed E-state index contributed by atoms with van der Waals surface area (Å²) in [4.78, 5) is 6.02. The molecule has 1 aromatic carbocycles. The predicted octanol–water partition coefficient (Wildman–Crippen LogP) is 5.29. The maximum atomic E-state index is 4.61. The molecule has 0 unspecified atom stereocenters. The smallest absolute Gasteiger partial charge is 0.184 e. The molecule has 0 aliphatic rings. The molecule has 0 fully saturated rings. The maximum absolute atomic E-state index is 4.61. The van der Waals surface area contributed by atoms with Gasteiger partial charge in [0.15, 0.2) is 5.13 Å². The van der Waals surface area contributed by atoms with E-state index in [1.165, 1.54) is 15.1 Å². The highest BCUT2D eigenvalue weighted by Gasteiger charge is 2.06. The van der Waals surface area contributed by atoms with Crippen molar-refractivity contribution in [1.82, 2.24) is 4.98 Å². The Hall–Kier alpha value is -0.910. The van der Waals surface area contributed by atoms with Crippen LogP contribution in [0.25, 0.3) is 10.2 Å². The molecule has 0 saturated carbocycles. The summed E-state index contributed by atoms with van der Waals surface area (Å²) in [5, 5.41) is 6.58. The van der Waals surface area contributed by atoms with Crippen LogP contribution in [0.2, 0.25) is 0 Å². The number of halogens is 1. The zero-order valence-corrected chi connectivity index (χ0v) is 13.7. The zero-order valence-electron chi connectivity index (χ0n) is 10.4. The van der Waals surface area contributed by atoms with Crippen LogP contribution in [-0.4, -0.2) is 4.98 Å². The van der Waals surface area contributed by atoms with Crippen molar-refractivity contribution in [1.29, 1.82) is 0 Å². The first-order valence-corrected chi connectivity index (χ1v) is 8.60. The van der Waals surface area contributed by atoms with Gasteiger partial charge in [0.25, 0.3) is 0 Å². The fourth-order valence-electron chi connectivity index (χ4n) is 1.97. The molecule has 0 aliphatic carbocycles. The van der Waals surface area contributed by atoms with Crippen molar-refractivity contribution in [3.63, 3.8) is 0 Å². The molecule has 0 saturated heterocycles. The highest BCUT2D eigenvalue weighted by molar-refractivity contribution is 9.10. The number of aryl methyl sites for hydroxylation is 1. The molecule has 0 radical (unpaired) electrons. The van der Waals surface area contributed by atoms with Crippen LogP contribution in [-0.2, 0) is 13.0 Å². The van der Waals surface area contributed by atoms with Crippen molar-refractivity contribution in [3.8, 4) is 0 Å². The summed E-state index contributed by atoms with van der Waals surface area (Å²) in [7, 11) is 0. The van der Waals surface area contributed by atoms with Gasteiger partial charge in [0.2, 0.25) is 0 Å². The molecule has 2 heterocycles. The zero-order chi connectivity index (χ0) is 13.2. The number of benzene rings is 1. The Labute approximate surface area is 128 Å². The van der Waals surface area contributed by atoms with E-state index in [9.17, 15) is 0 Å². The topological polar surface area (TPSA) is 24.9 Å². The number of nitrogens with zero attached hydrogens (tertiary/aromatic N) is 1. The van der Waals surface area contributed by atoms with Gasteiger partial charge >= 0.3 is 0 Å². The number of rotatable bonds is 4. The van der Waals surface area contributed by atoms with Gasteiger partial charge in [0, 0.05) is 9.35 Å². The minimum Gasteiger partial charge on any atom is -0.357 e. The fraction of sp³-hybridized carbons (Fsp3) is 0.214. The summed E-state index contributed by atoms with van der Waals surface area (Å²) in [5.41, 5.74) is 2.48. The molecule has 19 heavy (non-hydrogen) atoms. The number of thiophene rings is 1. The SMILES string of the molecule is CCc1ccsc1CNc1nc2cc(Br)ccc2s1. The number of hydrogen-bond acceptors (Lipinski definition) is 4. The molecule has 2 nitrogen and oxygen atoms in total. The molecule has 98 valence electrons. The van der Waals surface area contributed by atoms with Gasteiger partial charge in [0.1, 0.15) is 0 Å². The molecule has 0 atom stereocenters. The average Bonchev–Trinajstić information content (AvgIpc) is 3.01. The van der Waals surface area contributed by atoms with Crippen LogP contribution in [0.5, 0.6) is 0 Å². The summed E-state index contributed by atoms with van der Waals surface area (Å²) >= 11 is 6.99. The largest absolute Gasteiger partial charge is 0.357 e. The Morgan fingerprint density at radius 3 is 3.05 bits per heavy atom. The molecule has 2 aromatic heterocycles. The lowest BCUT2D eigenvalue weighted by Crippen LogP contribution is -1.98. The molecular weight excluding hydrogens is 340 g/mol. The second kappa shape index (κ2) is 5.61. The summed E-state index contributed by atoms with van der Waals surface area (Å²) in [5.74, 6) is 0. The van der Waals surface area contributed by atoms with Gasteiger partial charge in [-0.1, -0.05) is 34.2 Å². The van der Waals surface area contributed by atoms with Gasteiger partial charge in [-0.25, -0.2) is 4.98 Å². The number of fused-ring (bicyclic) bond motifs is 1. The summed E-state index contributed by atoms with van der Waals surface area (Å²) in [6.07, 6.45) is 1.09. The summed E-state index contributed by atoms with van der Waals surface area (Å²) in [6.45, 7) is 3.06. The Bertz CT molecular complexity index is 702. The Morgan fingerprint density at radius 1 is 1.32 bits per heavy atom. The summed E-state index contributed by atoms with van der Waals surface area (Å²) in [6, 6.07) is 8.42. The molecule has 5 heteroatoms. The lowest BCUT2D eigenvalue weighted by molar-refractivity contribution is 1.08. The van der Waals surface area contributed by atoms with Crippen LogP contribution < -0.4 is 5.32 Å². The Kier molecular flexibility index (Phi) is 3.86. The van der Waals surface area contributed by atoms with Crippen molar-refractivity contribution < 1.29 is 0 Å². The van der Waals surface area contributed by atoms with E-state index in [4.69, 9.17) is 0 Å². The van der Waals surface area contributed by atoms with Gasteiger partial charge in [-0.05, 0) is 41.6 Å². The molecule has 0 aliphatic heterocycles. The van der Waals surface area contributed by atoms with Gasteiger partial charge in [-0.2, -0.15) is 0 Å². The Morgan fingerprint density at radius 2 is 2.21 bits per heavy atom. The van der Waals surface area contributed by atoms with Gasteiger partial charge < -0.3 is 5.32 Å². The molecule has 3 aromatic rings. The Balaban J connectivity index is 1.78. The summed E-state index contributed by atoms with van der Waals surface area (Å²) < 4.78 is 2.29. The van der Waals surface area contributed by atoms with E-state index in [2.05, 4.69) is 62.8 Å². The van der Waals surface area contributed by atoms with Crippen molar-refractivity contribution in [2.45, 2.75) is 19.9 Å². The second-order valence-corrected chi connectivity index (χ2v) is 7.15. The van der Waals surface area contributed by atoms with E-state index in [0.29, 0.717) is 0 Å². The van der Waals surface area contributed by atoms with Gasteiger partial charge in [-0.3, -0.25) is 0 Å². The number of thiazole rings is 1. The highest BCUT2D eigenvalue weighted by Crippen LogP contribution is 2.29. The fourth-order valence-corrected chi connectivity index (χ4v) is 4.08. The van der Waals surface area contributed by atoms with Crippen molar-refractivity contribution >= 4 is 54.0 Å². The molecule has 3 rings (SSSR count). The van der Waals surface area contributed by atoms with E-state index in [1.54, 1.807) is 11.3 Å². The van der Waals surface area contributed by atoms with Gasteiger partial charge in [0.05, 0.1) is 16.8 Å². The first-order chi connectivity index (χ1) is 9.26. The molecular formula is C14H13BrN2S2. The standard InChI is InChI=1S/C14H13BrN2S2/c1-2-9-5-6-18-13(9)8-16-14-17-11-7-10(15)3-4-12(11)19-14/h3-7H,2,8H2,1H3,(H,16,17). The predicted molar refractivity (Wildman–Crippen MR) is 88.3 cm³/mol. The minimum atomic E-state index is 0.863. The van der Waals surface area contributed by atoms with Crippen LogP contribution >= 0.6 is 38.6 Å². The quantitative estimate of drug-likeness (QED) is 0.689. The van der Waals surface area contributed by atoms with Crippen LogP contribution in [0.15, 0.2) is 34.1 Å². The molecule has 1 N–H and O–H groups in total. The van der Waals surface area contributed by atoms with Crippen LogP contribution in [0.4, 0.5) is 5.13 Å². The van der Waals surface area contributed by atoms with E-state index in [-0.39, 0.29) is 0 Å². The third-order valence-electron chi connectivity index (χ3n) is 2.97. The first kappa shape index (κ1) is 13.1. The third-order valence-corrected chi connectivity index (χ3v) is 5.42. The molecule has 0 amide bonds.